The number of hydrogen-bond donors (Lipinski definition) is 2. The third kappa shape index (κ3) is 15.6. The van der Waals surface area contributed by atoms with E-state index < -0.39 is 11.6 Å². The average molecular weight is 1400 g/mol. The van der Waals surface area contributed by atoms with Crippen molar-refractivity contribution < 1.29 is 61.7 Å². The maximum atomic E-state index is 13.3. The molecule has 0 amide bonds. The summed E-state index contributed by atoms with van der Waals surface area (Å²) in [5, 5.41) is 10.1. The molecule has 21 heteroatoms. The normalized spacial score (nSPS) is 12.6. The van der Waals surface area contributed by atoms with E-state index in [1.54, 1.807) is 57.7 Å². The van der Waals surface area contributed by atoms with Crippen LogP contribution in [0, 0.1) is 20.8 Å². The van der Waals surface area contributed by atoms with Crippen molar-refractivity contribution in [1.29, 1.82) is 0 Å². The minimum Gasteiger partial charge on any atom is -0.497 e. The molecular formula is C77H66Cl4N4O13. The van der Waals surface area contributed by atoms with Crippen LogP contribution >= 0.6 is 46.4 Å². The highest BCUT2D eigenvalue weighted by molar-refractivity contribution is 6.56. The van der Waals surface area contributed by atoms with Crippen LogP contribution in [0.3, 0.4) is 0 Å². The van der Waals surface area contributed by atoms with Gasteiger partial charge in [0.2, 0.25) is 18.4 Å². The molecule has 17 nitrogen and oxygen atoms in total. The molecule has 500 valence electrons. The standard InChI is InChI=1S/C42H34Cl2N2O7.C35H32Cl2N2O6/c1-24-6-12-27(13-7-24)48-18-4-5-19-49-34-21-32-33(22-35(34)51-23-50-28-14-8-25(2)9-15-28)52-41-36(43)39-42(37(44)38(41)46-32)53-40-30-20-29(47-3)16-10-26(30)11-17-31(40)45-39;1-21-6-12-26(13-7-21)44-16-4-5-17-45-29-20-25(11-15-28(29)43-3)39-33-31(37)34(40)32(30(36)35(33)41)38-24-10-8-23-19-27(42-2)14-9-22(23)18-24/h6-17,20-22H,4-5,18-19,23H2,1-3H3;6-15,18-20,38-39H,4-5,16-17H2,1-3H3. The van der Waals surface area contributed by atoms with Crippen molar-refractivity contribution in [2.75, 3.05) is 65.2 Å². The highest BCUT2D eigenvalue weighted by Gasteiger charge is 2.35. The Labute approximate surface area is 585 Å². The minimum absolute atomic E-state index is 0.0629. The van der Waals surface area contributed by atoms with Crippen molar-refractivity contribution in [1.82, 2.24) is 0 Å². The Kier molecular flexibility index (Phi) is 21.3. The molecular weight excluding hydrogens is 1330 g/mol. The third-order valence-electron chi connectivity index (χ3n) is 16.0. The van der Waals surface area contributed by atoms with Gasteiger partial charge in [-0.25, -0.2) is 9.98 Å². The average Bonchev–Trinajstić information content (AvgIpc) is 0.732. The Morgan fingerprint density at radius 3 is 1.41 bits per heavy atom. The zero-order valence-corrected chi connectivity index (χ0v) is 57.3. The number of benzene rings is 10. The van der Waals surface area contributed by atoms with Crippen LogP contribution < -0.4 is 73.5 Å². The summed E-state index contributed by atoms with van der Waals surface area (Å²) in [4.78, 5) is 36.3. The Hall–Kier alpha value is -10.3. The Morgan fingerprint density at radius 2 is 0.837 bits per heavy atom. The first-order chi connectivity index (χ1) is 47.6. The van der Waals surface area contributed by atoms with Crippen molar-refractivity contribution in [2.45, 2.75) is 46.5 Å². The first-order valence-corrected chi connectivity index (χ1v) is 32.9. The number of methoxy groups -OCH3 is 3. The van der Waals surface area contributed by atoms with Gasteiger partial charge >= 0.3 is 0 Å². The number of halogens is 4. The number of Topliss-reactive ketones (excluding diaryl/α,β-unsaturated/α-hetero) is 2. The van der Waals surface area contributed by atoms with Crippen LogP contribution in [0.4, 0.5) is 22.7 Å². The van der Waals surface area contributed by atoms with Gasteiger partial charge in [-0.05, 0) is 154 Å². The third-order valence-corrected chi connectivity index (χ3v) is 17.4. The first-order valence-electron chi connectivity index (χ1n) is 31.4. The van der Waals surface area contributed by atoms with E-state index in [4.69, 9.17) is 108 Å². The molecule has 0 aromatic heterocycles. The lowest BCUT2D eigenvalue weighted by Crippen LogP contribution is -2.27. The Bertz CT molecular complexity index is 4880. The lowest BCUT2D eigenvalue weighted by atomic mass is 10.0. The summed E-state index contributed by atoms with van der Waals surface area (Å²) < 4.78 is 64.9. The van der Waals surface area contributed by atoms with Crippen molar-refractivity contribution in [3.05, 3.63) is 229 Å². The molecule has 0 spiro atoms. The molecule has 2 heterocycles. The molecule has 0 atom stereocenters. The SMILES string of the molecule is COc1ccc2cc(NC3=C(Cl)C(=O)C(Nc4ccc(OC)c(OCCCCOc5ccc(C)cc5)c4)=C(Cl)C3=O)ccc2c1.COc1ccc2ccc3c(c2c1)Oc1c(Cl)c2c(c(Cl)c1=N3)Oc1cc(OCOc3ccc(C)cc3)c(OCCCCOc3ccc(C)cc3)cc1N=2. The van der Waals surface area contributed by atoms with E-state index in [1.807, 2.05) is 154 Å². The van der Waals surface area contributed by atoms with Crippen LogP contribution in [0.2, 0.25) is 10.0 Å². The number of carbonyl (C=O) groups is 2. The number of nitrogens with zero attached hydrogens (tertiary/aromatic N) is 2. The molecule has 1 aliphatic carbocycles. The zero-order chi connectivity index (χ0) is 68.4. The molecule has 2 N–H and O–H groups in total. The summed E-state index contributed by atoms with van der Waals surface area (Å²) in [6, 6.07) is 52.9. The number of aryl methyl sites for hydroxylation is 3. The van der Waals surface area contributed by atoms with Crippen molar-refractivity contribution in [3.63, 3.8) is 0 Å². The number of allylic oxidation sites excluding steroid dienone is 2. The molecule has 0 bridgehead atoms. The van der Waals surface area contributed by atoms with Crippen LogP contribution in [-0.4, -0.2) is 66.1 Å². The fourth-order valence-corrected chi connectivity index (χ4v) is 11.6. The summed E-state index contributed by atoms with van der Waals surface area (Å²) in [5.41, 5.74) is 5.37. The molecule has 0 saturated heterocycles. The summed E-state index contributed by atoms with van der Waals surface area (Å²) in [7, 11) is 4.76. The summed E-state index contributed by atoms with van der Waals surface area (Å²) in [5.74, 6) is 5.86. The molecule has 3 aliphatic rings. The second-order valence-corrected chi connectivity index (χ2v) is 24.4. The van der Waals surface area contributed by atoms with Crippen LogP contribution in [0.25, 0.3) is 21.5 Å². The minimum atomic E-state index is -0.624. The van der Waals surface area contributed by atoms with Gasteiger partial charge < -0.3 is 62.7 Å². The molecule has 10 aromatic carbocycles. The second-order valence-electron chi connectivity index (χ2n) is 22.9. The molecule has 0 saturated carbocycles. The van der Waals surface area contributed by atoms with E-state index >= 15 is 0 Å². The predicted octanol–water partition coefficient (Wildman–Crippen LogP) is 18.5. The highest BCUT2D eigenvalue weighted by atomic mass is 35.5. The second kappa shape index (κ2) is 30.8. The van der Waals surface area contributed by atoms with E-state index in [0.29, 0.717) is 106 Å². The number of hydrogen-bond acceptors (Lipinski definition) is 17. The number of unbranched alkanes of at least 4 members (excludes halogenated alkanes) is 2. The van der Waals surface area contributed by atoms with Crippen molar-refractivity contribution >= 4 is 102 Å². The number of fused-ring (bicyclic) bond motifs is 7. The number of anilines is 2. The molecule has 10 aromatic rings. The van der Waals surface area contributed by atoms with Gasteiger partial charge in [0.15, 0.2) is 46.0 Å². The topological polar surface area (TPSA) is 184 Å². The Balaban J connectivity index is 0.000000189. The van der Waals surface area contributed by atoms with Gasteiger partial charge in [0, 0.05) is 35.0 Å². The smallest absolute Gasteiger partial charge is 0.231 e. The van der Waals surface area contributed by atoms with E-state index in [2.05, 4.69) is 10.6 Å². The number of ether oxygens (including phenoxy) is 11. The van der Waals surface area contributed by atoms with Gasteiger partial charge in [-0.3, -0.25) is 9.59 Å². The summed E-state index contributed by atoms with van der Waals surface area (Å²) in [6.45, 7) is 8.00. The maximum absolute atomic E-state index is 13.3. The fraction of sp³-hybridized carbons (Fsp3) is 0.195. The molecule has 13 rings (SSSR count). The maximum Gasteiger partial charge on any atom is 0.231 e. The van der Waals surface area contributed by atoms with Gasteiger partial charge in [-0.1, -0.05) is 124 Å². The molecule has 0 fully saturated rings. The fourth-order valence-electron chi connectivity index (χ4n) is 10.6. The molecule has 2 aliphatic heterocycles. The largest absolute Gasteiger partial charge is 0.497 e. The van der Waals surface area contributed by atoms with Gasteiger partial charge in [0.05, 0.1) is 47.8 Å². The molecule has 0 radical (unpaired) electrons. The quantitative estimate of drug-likeness (QED) is 0.0313. The van der Waals surface area contributed by atoms with Crippen LogP contribution in [0.15, 0.2) is 201 Å². The summed E-state index contributed by atoms with van der Waals surface area (Å²) >= 11 is 26.9. The highest BCUT2D eigenvalue weighted by Crippen LogP contribution is 2.48. The van der Waals surface area contributed by atoms with E-state index in [9.17, 15) is 9.59 Å². The Morgan fingerprint density at radius 1 is 0.388 bits per heavy atom. The van der Waals surface area contributed by atoms with Gasteiger partial charge in [0.1, 0.15) is 82.3 Å². The van der Waals surface area contributed by atoms with Crippen LogP contribution in [0.5, 0.6) is 74.7 Å². The van der Waals surface area contributed by atoms with Gasteiger partial charge in [-0.2, -0.15) is 0 Å². The predicted molar refractivity (Wildman–Crippen MR) is 382 cm³/mol. The van der Waals surface area contributed by atoms with Gasteiger partial charge in [0.25, 0.3) is 0 Å². The number of nitrogens with one attached hydrogen (secondary N) is 2. The molecule has 0 unspecified atom stereocenters. The lowest BCUT2D eigenvalue weighted by molar-refractivity contribution is -0.115. The first kappa shape index (κ1) is 67.7. The zero-order valence-electron chi connectivity index (χ0n) is 54.2. The lowest BCUT2D eigenvalue weighted by Gasteiger charge is -2.22. The van der Waals surface area contributed by atoms with Crippen LogP contribution in [-0.2, 0) is 9.59 Å². The number of carbonyl (C=O) groups excluding carboxylic acids is 2. The monoisotopic (exact) mass is 1390 g/mol. The van der Waals surface area contributed by atoms with E-state index in [1.165, 1.54) is 11.1 Å². The van der Waals surface area contributed by atoms with Crippen molar-refractivity contribution in [2.24, 2.45) is 9.98 Å². The van der Waals surface area contributed by atoms with Crippen LogP contribution in [0.1, 0.15) is 42.4 Å². The van der Waals surface area contributed by atoms with Gasteiger partial charge in [-0.15, -0.1) is 0 Å². The number of rotatable bonds is 25. The summed E-state index contributed by atoms with van der Waals surface area (Å²) in [6.07, 6.45) is 3.08. The molecule has 98 heavy (non-hydrogen) atoms. The van der Waals surface area contributed by atoms with Crippen molar-refractivity contribution in [3.8, 4) is 74.7 Å². The van der Waals surface area contributed by atoms with E-state index in [-0.39, 0.29) is 49.8 Å². The number of ketones is 2. The van der Waals surface area contributed by atoms with E-state index in [0.717, 1.165) is 70.0 Å².